The molecular formula is C14H14O4S2. The fourth-order valence-electron chi connectivity index (χ4n) is 1.69. The number of aromatic carboxylic acids is 1. The van der Waals surface area contributed by atoms with Crippen LogP contribution in [0.15, 0.2) is 41.3 Å². The highest BCUT2D eigenvalue weighted by Gasteiger charge is 2.19. The average Bonchev–Trinajstić information content (AvgIpc) is 2.88. The van der Waals surface area contributed by atoms with Gasteiger partial charge in [-0.05, 0) is 43.7 Å². The van der Waals surface area contributed by atoms with Crippen LogP contribution in [0.4, 0.5) is 0 Å². The van der Waals surface area contributed by atoms with Crippen molar-refractivity contribution in [3.8, 4) is 10.4 Å². The molecule has 0 amide bonds. The number of carbonyl (C=O) groups is 1. The van der Waals surface area contributed by atoms with E-state index in [2.05, 4.69) is 0 Å². The van der Waals surface area contributed by atoms with Gasteiger partial charge >= 0.3 is 5.97 Å². The minimum Gasteiger partial charge on any atom is -0.477 e. The predicted molar refractivity (Wildman–Crippen MR) is 79.0 cm³/mol. The van der Waals surface area contributed by atoms with Gasteiger partial charge in [0.1, 0.15) is 4.88 Å². The maximum absolute atomic E-state index is 12.0. The highest BCUT2D eigenvalue weighted by molar-refractivity contribution is 7.92. The lowest BCUT2D eigenvalue weighted by Gasteiger charge is -2.08. The van der Waals surface area contributed by atoms with E-state index in [0.717, 1.165) is 21.8 Å². The summed E-state index contributed by atoms with van der Waals surface area (Å²) in [6, 6.07) is 9.79. The van der Waals surface area contributed by atoms with Crippen LogP contribution in [0.3, 0.4) is 0 Å². The van der Waals surface area contributed by atoms with Gasteiger partial charge in [0.05, 0.1) is 10.1 Å². The van der Waals surface area contributed by atoms with E-state index in [-0.39, 0.29) is 9.77 Å². The topological polar surface area (TPSA) is 71.4 Å². The highest BCUT2D eigenvalue weighted by atomic mass is 32.2. The molecular weight excluding hydrogens is 296 g/mol. The van der Waals surface area contributed by atoms with E-state index in [0.29, 0.717) is 0 Å². The fourth-order valence-corrected chi connectivity index (χ4v) is 3.60. The second-order valence-corrected chi connectivity index (χ2v) is 8.18. The van der Waals surface area contributed by atoms with Gasteiger partial charge in [-0.15, -0.1) is 11.3 Å². The first-order valence-electron chi connectivity index (χ1n) is 6.00. The van der Waals surface area contributed by atoms with Crippen LogP contribution in [0.25, 0.3) is 10.4 Å². The molecule has 20 heavy (non-hydrogen) atoms. The number of thiophene rings is 1. The van der Waals surface area contributed by atoms with E-state index in [9.17, 15) is 13.2 Å². The monoisotopic (exact) mass is 310 g/mol. The Bertz CT molecular complexity index is 725. The number of carboxylic acid groups (broad SMARTS) is 1. The summed E-state index contributed by atoms with van der Waals surface area (Å²) in [6.45, 7) is 3.28. The number of sulfone groups is 1. The van der Waals surface area contributed by atoms with E-state index in [1.807, 2.05) is 0 Å². The lowest BCUT2D eigenvalue weighted by atomic mass is 10.2. The molecule has 0 fully saturated rings. The SMILES string of the molecule is CC(C)S(=O)(=O)c1ccc(-c2ccc(C(=O)O)s2)cc1. The number of carboxylic acids is 1. The lowest BCUT2D eigenvalue weighted by molar-refractivity contribution is 0.0702. The summed E-state index contributed by atoms with van der Waals surface area (Å²) < 4.78 is 24.0. The zero-order chi connectivity index (χ0) is 14.9. The zero-order valence-electron chi connectivity index (χ0n) is 11.0. The molecule has 1 N–H and O–H groups in total. The van der Waals surface area contributed by atoms with Crippen LogP contribution in [-0.4, -0.2) is 24.7 Å². The summed E-state index contributed by atoms with van der Waals surface area (Å²) in [5, 5.41) is 8.42. The van der Waals surface area contributed by atoms with E-state index >= 15 is 0 Å². The Morgan fingerprint density at radius 1 is 1.10 bits per heavy atom. The van der Waals surface area contributed by atoms with Crippen LogP contribution in [0, 0.1) is 0 Å². The second-order valence-electron chi connectivity index (χ2n) is 4.59. The van der Waals surface area contributed by atoms with Gasteiger partial charge in [-0.1, -0.05) is 12.1 Å². The molecule has 0 unspecified atom stereocenters. The van der Waals surface area contributed by atoms with Gasteiger partial charge in [0.25, 0.3) is 0 Å². The minimum absolute atomic E-state index is 0.263. The predicted octanol–water partition coefficient (Wildman–Crippen LogP) is 3.30. The van der Waals surface area contributed by atoms with E-state index in [1.54, 1.807) is 50.2 Å². The molecule has 0 atom stereocenters. The lowest BCUT2D eigenvalue weighted by Crippen LogP contribution is -2.13. The van der Waals surface area contributed by atoms with Crippen molar-refractivity contribution in [3.05, 3.63) is 41.3 Å². The van der Waals surface area contributed by atoms with Gasteiger partial charge in [0.2, 0.25) is 0 Å². The van der Waals surface area contributed by atoms with Crippen LogP contribution >= 0.6 is 11.3 Å². The molecule has 0 saturated carbocycles. The Morgan fingerprint density at radius 2 is 1.70 bits per heavy atom. The summed E-state index contributed by atoms with van der Waals surface area (Å²) in [6.07, 6.45) is 0. The third-order valence-corrected chi connectivity index (χ3v) is 6.20. The number of hydrogen-bond donors (Lipinski definition) is 1. The first-order chi connectivity index (χ1) is 9.32. The van der Waals surface area contributed by atoms with E-state index < -0.39 is 21.1 Å². The van der Waals surface area contributed by atoms with Gasteiger partial charge in [-0.3, -0.25) is 0 Å². The maximum Gasteiger partial charge on any atom is 0.345 e. The van der Waals surface area contributed by atoms with Gasteiger partial charge in [-0.2, -0.15) is 0 Å². The van der Waals surface area contributed by atoms with Crippen molar-refractivity contribution in [2.45, 2.75) is 24.0 Å². The third-order valence-electron chi connectivity index (χ3n) is 2.90. The minimum atomic E-state index is -3.27. The fraction of sp³-hybridized carbons (Fsp3) is 0.214. The standard InChI is InChI=1S/C14H14O4S2/c1-9(2)20(17,18)11-5-3-10(4-6-11)12-7-8-13(19-12)14(15)16/h3-9H,1-2H3,(H,15,16). The molecule has 1 aromatic heterocycles. The molecule has 2 rings (SSSR count). The van der Waals surface area contributed by atoms with Gasteiger partial charge < -0.3 is 5.11 Å². The highest BCUT2D eigenvalue weighted by Crippen LogP contribution is 2.29. The Hall–Kier alpha value is -1.66. The first kappa shape index (κ1) is 14.7. The van der Waals surface area contributed by atoms with Crippen molar-refractivity contribution in [3.63, 3.8) is 0 Å². The second kappa shape index (κ2) is 5.38. The first-order valence-corrected chi connectivity index (χ1v) is 8.36. The Kier molecular flexibility index (Phi) is 3.96. The van der Waals surface area contributed by atoms with Gasteiger partial charge in [0, 0.05) is 4.88 Å². The van der Waals surface area contributed by atoms with Crippen LogP contribution in [0.5, 0.6) is 0 Å². The summed E-state index contributed by atoms with van der Waals surface area (Å²) >= 11 is 1.16. The average molecular weight is 310 g/mol. The van der Waals surface area contributed by atoms with Gasteiger partial charge in [-0.25, -0.2) is 13.2 Å². The number of hydrogen-bond acceptors (Lipinski definition) is 4. The normalized spacial score (nSPS) is 11.8. The smallest absolute Gasteiger partial charge is 0.345 e. The van der Waals surface area contributed by atoms with Gasteiger partial charge in [0.15, 0.2) is 9.84 Å². The zero-order valence-corrected chi connectivity index (χ0v) is 12.7. The molecule has 0 aliphatic heterocycles. The van der Waals surface area contributed by atoms with Crippen LogP contribution in [0.1, 0.15) is 23.5 Å². The summed E-state index contributed by atoms with van der Waals surface area (Å²) in [5.74, 6) is -0.958. The maximum atomic E-state index is 12.0. The molecule has 2 aromatic rings. The molecule has 0 spiro atoms. The molecule has 0 aliphatic carbocycles. The summed E-state index contributed by atoms with van der Waals surface area (Å²) in [4.78, 5) is 12.2. The molecule has 1 heterocycles. The Balaban J connectivity index is 2.35. The van der Waals surface area contributed by atoms with Crippen molar-refractivity contribution in [1.82, 2.24) is 0 Å². The quantitative estimate of drug-likeness (QED) is 0.940. The van der Waals surface area contributed by atoms with Crippen molar-refractivity contribution >= 4 is 27.1 Å². The number of benzene rings is 1. The molecule has 0 saturated heterocycles. The van der Waals surface area contributed by atoms with Crippen molar-refractivity contribution < 1.29 is 18.3 Å². The molecule has 6 heteroatoms. The Morgan fingerprint density at radius 3 is 2.15 bits per heavy atom. The molecule has 0 aliphatic rings. The third kappa shape index (κ3) is 2.76. The molecule has 4 nitrogen and oxygen atoms in total. The summed E-state index contributed by atoms with van der Waals surface area (Å²) in [7, 11) is -3.27. The number of rotatable bonds is 4. The van der Waals surface area contributed by atoms with Crippen molar-refractivity contribution in [2.75, 3.05) is 0 Å². The van der Waals surface area contributed by atoms with Crippen LogP contribution in [0.2, 0.25) is 0 Å². The van der Waals surface area contributed by atoms with Crippen LogP contribution < -0.4 is 0 Å². The Labute approximate surface area is 121 Å². The van der Waals surface area contributed by atoms with Crippen LogP contribution in [-0.2, 0) is 9.84 Å². The largest absolute Gasteiger partial charge is 0.477 e. The molecule has 0 radical (unpaired) electrons. The van der Waals surface area contributed by atoms with Crippen molar-refractivity contribution in [2.24, 2.45) is 0 Å². The van der Waals surface area contributed by atoms with Crippen molar-refractivity contribution in [1.29, 1.82) is 0 Å². The molecule has 0 bridgehead atoms. The summed E-state index contributed by atoms with van der Waals surface area (Å²) in [5.41, 5.74) is 0.810. The van der Waals surface area contributed by atoms with E-state index in [1.165, 1.54) is 0 Å². The molecule has 106 valence electrons. The van der Waals surface area contributed by atoms with E-state index in [4.69, 9.17) is 5.11 Å². The molecule has 1 aromatic carbocycles.